The van der Waals surface area contributed by atoms with Gasteiger partial charge in [-0.15, -0.1) is 0 Å². The molecule has 0 heterocycles. The van der Waals surface area contributed by atoms with E-state index in [4.69, 9.17) is 5.11 Å². The molecule has 0 aliphatic heterocycles. The van der Waals surface area contributed by atoms with Crippen LogP contribution in [0.3, 0.4) is 0 Å². The van der Waals surface area contributed by atoms with Crippen LogP contribution in [-0.4, -0.2) is 27.9 Å². The highest BCUT2D eigenvalue weighted by molar-refractivity contribution is 5.85. The molecule has 0 saturated heterocycles. The van der Waals surface area contributed by atoms with Crippen molar-refractivity contribution in [1.82, 2.24) is 5.32 Å². The highest BCUT2D eigenvalue weighted by Gasteiger charge is 2.17. The summed E-state index contributed by atoms with van der Waals surface area (Å²) in [6.07, 6.45) is 0.176. The van der Waals surface area contributed by atoms with E-state index >= 15 is 0 Å². The van der Waals surface area contributed by atoms with E-state index < -0.39 is 16.9 Å². The van der Waals surface area contributed by atoms with E-state index in [9.17, 15) is 19.7 Å². The van der Waals surface area contributed by atoms with Crippen molar-refractivity contribution in [2.45, 2.75) is 25.3 Å². The van der Waals surface area contributed by atoms with Crippen molar-refractivity contribution in [3.05, 3.63) is 88.0 Å². The standard InChI is InChI=1S/C22H20N2O5/c25-21(13-16-5-8-17-3-1-2-4-18(17)11-16)23-19(14-22(26)27)12-15-6-9-20(10-7-15)24(28)29/h1-11,19H,12-14H2,(H,23,25)(H,26,27)/t19-/m0/s1. The summed E-state index contributed by atoms with van der Waals surface area (Å²) in [6, 6.07) is 18.9. The minimum Gasteiger partial charge on any atom is -0.481 e. The van der Waals surface area contributed by atoms with E-state index in [1.165, 1.54) is 12.1 Å². The van der Waals surface area contributed by atoms with Gasteiger partial charge in [-0.3, -0.25) is 19.7 Å². The van der Waals surface area contributed by atoms with Gasteiger partial charge in [0.2, 0.25) is 5.91 Å². The zero-order chi connectivity index (χ0) is 20.8. The Morgan fingerprint density at radius 3 is 2.28 bits per heavy atom. The molecule has 0 fully saturated rings. The van der Waals surface area contributed by atoms with Crippen LogP contribution in [0.5, 0.6) is 0 Å². The number of nitro groups is 1. The zero-order valence-corrected chi connectivity index (χ0v) is 15.6. The Hall–Kier alpha value is -3.74. The highest BCUT2D eigenvalue weighted by Crippen LogP contribution is 2.17. The number of nitrogens with zero attached hydrogens (tertiary/aromatic N) is 1. The van der Waals surface area contributed by atoms with Gasteiger partial charge in [-0.25, -0.2) is 0 Å². The van der Waals surface area contributed by atoms with Crippen LogP contribution in [0.4, 0.5) is 5.69 Å². The number of nitro benzene ring substituents is 1. The molecule has 3 rings (SSSR count). The third kappa shape index (κ3) is 5.62. The Bertz CT molecular complexity index is 1050. The molecule has 3 aromatic rings. The van der Waals surface area contributed by atoms with Crippen LogP contribution in [-0.2, 0) is 22.4 Å². The minimum absolute atomic E-state index is 0.0381. The quantitative estimate of drug-likeness (QED) is 0.450. The predicted molar refractivity (Wildman–Crippen MR) is 109 cm³/mol. The first-order valence-corrected chi connectivity index (χ1v) is 9.13. The van der Waals surface area contributed by atoms with E-state index in [1.54, 1.807) is 12.1 Å². The fraction of sp³-hybridized carbons (Fsp3) is 0.182. The predicted octanol–water partition coefficient (Wildman–Crippen LogP) is 3.49. The van der Waals surface area contributed by atoms with Gasteiger partial charge in [-0.05, 0) is 28.3 Å². The van der Waals surface area contributed by atoms with Crippen LogP contribution < -0.4 is 5.32 Å². The fourth-order valence-electron chi connectivity index (χ4n) is 3.24. The van der Waals surface area contributed by atoms with Crippen LogP contribution in [0.15, 0.2) is 66.7 Å². The Kier molecular flexibility index (Phi) is 6.19. The lowest BCUT2D eigenvalue weighted by Gasteiger charge is -2.17. The monoisotopic (exact) mass is 392 g/mol. The number of hydrogen-bond acceptors (Lipinski definition) is 4. The average Bonchev–Trinajstić information content (AvgIpc) is 2.67. The molecule has 0 bridgehead atoms. The maximum Gasteiger partial charge on any atom is 0.305 e. The smallest absolute Gasteiger partial charge is 0.305 e. The summed E-state index contributed by atoms with van der Waals surface area (Å²) in [5.74, 6) is -1.30. The number of benzene rings is 3. The normalized spacial score (nSPS) is 11.7. The van der Waals surface area contributed by atoms with Gasteiger partial charge in [0.05, 0.1) is 17.8 Å². The average molecular weight is 392 g/mol. The van der Waals surface area contributed by atoms with E-state index in [0.717, 1.165) is 16.3 Å². The number of non-ortho nitro benzene ring substituents is 1. The molecule has 0 unspecified atom stereocenters. The number of amides is 1. The molecular formula is C22H20N2O5. The molecule has 1 atom stereocenters. The van der Waals surface area contributed by atoms with Crippen molar-refractivity contribution in [2.24, 2.45) is 0 Å². The van der Waals surface area contributed by atoms with Gasteiger partial charge in [-0.2, -0.15) is 0 Å². The molecule has 0 saturated carbocycles. The van der Waals surface area contributed by atoms with Crippen molar-refractivity contribution >= 4 is 28.3 Å². The van der Waals surface area contributed by atoms with Crippen molar-refractivity contribution in [3.63, 3.8) is 0 Å². The maximum atomic E-state index is 12.5. The lowest BCUT2D eigenvalue weighted by molar-refractivity contribution is -0.384. The van der Waals surface area contributed by atoms with Gasteiger partial charge in [0.1, 0.15) is 0 Å². The number of carbonyl (C=O) groups is 2. The summed E-state index contributed by atoms with van der Waals surface area (Å²) < 4.78 is 0. The number of carboxylic acid groups (broad SMARTS) is 1. The molecule has 0 aromatic heterocycles. The summed E-state index contributed by atoms with van der Waals surface area (Å²) in [5, 5.41) is 24.8. The van der Waals surface area contributed by atoms with E-state index in [0.29, 0.717) is 5.56 Å². The van der Waals surface area contributed by atoms with Gasteiger partial charge >= 0.3 is 5.97 Å². The van der Waals surface area contributed by atoms with Crippen molar-refractivity contribution in [2.75, 3.05) is 0 Å². The number of hydrogen-bond donors (Lipinski definition) is 2. The van der Waals surface area contributed by atoms with Crippen LogP contribution in [0.1, 0.15) is 17.5 Å². The Balaban J connectivity index is 1.67. The molecule has 0 spiro atoms. The van der Waals surface area contributed by atoms with E-state index in [-0.39, 0.29) is 30.9 Å². The molecule has 148 valence electrons. The Morgan fingerprint density at radius 2 is 1.62 bits per heavy atom. The summed E-state index contributed by atoms with van der Waals surface area (Å²) in [7, 11) is 0. The summed E-state index contributed by atoms with van der Waals surface area (Å²) >= 11 is 0. The Labute approximate surface area is 167 Å². The van der Waals surface area contributed by atoms with E-state index in [2.05, 4.69) is 5.32 Å². The highest BCUT2D eigenvalue weighted by atomic mass is 16.6. The van der Waals surface area contributed by atoms with Crippen LogP contribution in [0, 0.1) is 10.1 Å². The first-order chi connectivity index (χ1) is 13.9. The number of carbonyl (C=O) groups excluding carboxylic acids is 1. The van der Waals surface area contributed by atoms with Crippen LogP contribution in [0.25, 0.3) is 10.8 Å². The molecular weight excluding hydrogens is 372 g/mol. The number of aliphatic carboxylic acids is 1. The summed E-state index contributed by atoms with van der Waals surface area (Å²) in [4.78, 5) is 33.9. The van der Waals surface area contributed by atoms with Gasteiger partial charge in [0.25, 0.3) is 5.69 Å². The first kappa shape index (κ1) is 20.0. The Morgan fingerprint density at radius 1 is 0.966 bits per heavy atom. The van der Waals surface area contributed by atoms with Crippen molar-refractivity contribution < 1.29 is 19.6 Å². The van der Waals surface area contributed by atoms with Gasteiger partial charge in [-0.1, -0.05) is 54.6 Å². The molecule has 2 N–H and O–H groups in total. The van der Waals surface area contributed by atoms with Crippen molar-refractivity contribution in [1.29, 1.82) is 0 Å². The number of carboxylic acids is 1. The largest absolute Gasteiger partial charge is 0.481 e. The fourth-order valence-corrected chi connectivity index (χ4v) is 3.24. The molecule has 0 radical (unpaired) electrons. The zero-order valence-electron chi connectivity index (χ0n) is 15.6. The second kappa shape index (κ2) is 8.97. The minimum atomic E-state index is -1.03. The molecule has 29 heavy (non-hydrogen) atoms. The first-order valence-electron chi connectivity index (χ1n) is 9.13. The second-order valence-corrected chi connectivity index (χ2v) is 6.85. The second-order valence-electron chi connectivity index (χ2n) is 6.85. The number of nitrogens with one attached hydrogen (secondary N) is 1. The topological polar surface area (TPSA) is 110 Å². The van der Waals surface area contributed by atoms with Gasteiger partial charge in [0.15, 0.2) is 0 Å². The molecule has 0 aliphatic rings. The molecule has 0 aliphatic carbocycles. The molecule has 7 nitrogen and oxygen atoms in total. The molecule has 3 aromatic carbocycles. The van der Waals surface area contributed by atoms with Gasteiger partial charge < -0.3 is 10.4 Å². The molecule has 1 amide bonds. The maximum absolute atomic E-state index is 12.5. The van der Waals surface area contributed by atoms with Crippen LogP contribution >= 0.6 is 0 Å². The number of rotatable bonds is 8. The van der Waals surface area contributed by atoms with E-state index in [1.807, 2.05) is 42.5 Å². The van der Waals surface area contributed by atoms with Gasteiger partial charge in [0, 0.05) is 18.2 Å². The lowest BCUT2D eigenvalue weighted by Crippen LogP contribution is -2.38. The third-order valence-electron chi connectivity index (χ3n) is 4.59. The van der Waals surface area contributed by atoms with Crippen molar-refractivity contribution in [3.8, 4) is 0 Å². The SMILES string of the molecule is O=C(O)C[C@H](Cc1ccc([N+](=O)[O-])cc1)NC(=O)Cc1ccc2ccccc2c1. The van der Waals surface area contributed by atoms with Crippen LogP contribution in [0.2, 0.25) is 0 Å². The summed E-state index contributed by atoms with van der Waals surface area (Å²) in [6.45, 7) is 0. The number of fused-ring (bicyclic) bond motifs is 1. The molecule has 7 heteroatoms. The summed E-state index contributed by atoms with van der Waals surface area (Å²) in [5.41, 5.74) is 1.52. The third-order valence-corrected chi connectivity index (χ3v) is 4.59. The lowest BCUT2D eigenvalue weighted by atomic mass is 10.0.